The summed E-state index contributed by atoms with van der Waals surface area (Å²) in [5.41, 5.74) is -0.0466. The van der Waals surface area contributed by atoms with Crippen molar-refractivity contribution in [2.45, 2.75) is 4.90 Å². The van der Waals surface area contributed by atoms with Crippen LogP contribution in [0.3, 0.4) is 0 Å². The zero-order chi connectivity index (χ0) is 18.2. The van der Waals surface area contributed by atoms with Crippen molar-refractivity contribution in [2.24, 2.45) is 10.2 Å². The van der Waals surface area contributed by atoms with E-state index >= 15 is 0 Å². The van der Waals surface area contributed by atoms with Crippen molar-refractivity contribution in [3.8, 4) is 5.75 Å². The van der Waals surface area contributed by atoms with E-state index in [-0.39, 0.29) is 56.7 Å². The third kappa shape index (κ3) is 4.37. The Morgan fingerprint density at radius 3 is 2.27 bits per heavy atom. The Bertz CT molecular complexity index is 1120. The zero-order valence-electron chi connectivity index (χ0n) is 12.4. The Labute approximate surface area is 181 Å². The molecule has 3 rings (SSSR count). The molecule has 0 aliphatic heterocycles. The van der Waals surface area contributed by atoms with Crippen LogP contribution in [0.25, 0.3) is 10.8 Å². The quantitative estimate of drug-likeness (QED) is 0.358. The van der Waals surface area contributed by atoms with Gasteiger partial charge in [0.15, 0.2) is 0 Å². The van der Waals surface area contributed by atoms with Gasteiger partial charge in [-0.2, -0.15) is 8.42 Å². The van der Waals surface area contributed by atoms with Crippen molar-refractivity contribution >= 4 is 85.0 Å². The summed E-state index contributed by atoms with van der Waals surface area (Å²) in [7, 11) is -4.59. The number of phenolic OH excluding ortho intramolecular Hbond substituents is 1. The van der Waals surface area contributed by atoms with E-state index in [2.05, 4.69) is 10.2 Å². The molecule has 0 heterocycles. The predicted molar refractivity (Wildman–Crippen MR) is 103 cm³/mol. The Kier molecular flexibility index (Phi) is 6.68. The van der Waals surface area contributed by atoms with Crippen molar-refractivity contribution < 1.29 is 18.1 Å². The van der Waals surface area contributed by atoms with Gasteiger partial charge in [0.1, 0.15) is 22.0 Å². The molecule has 3 aromatic rings. The molecule has 0 saturated carbocycles. The van der Waals surface area contributed by atoms with Gasteiger partial charge in [-0.05, 0) is 23.6 Å². The van der Waals surface area contributed by atoms with Crippen molar-refractivity contribution in [3.05, 3.63) is 58.6 Å². The molecule has 0 spiro atoms. The third-order valence-electron chi connectivity index (χ3n) is 3.42. The topological polar surface area (TPSA) is 99.3 Å². The molecule has 3 aromatic carbocycles. The molecule has 0 bridgehead atoms. The average Bonchev–Trinajstić information content (AvgIpc) is 2.55. The number of benzene rings is 3. The SMILES string of the molecule is O=S(=O)(O)c1cc(Cl)c(Cl)cc1N=Nc1c(O)ccc2ccccc12.[NaH]. The first-order chi connectivity index (χ1) is 11.8. The molecule has 0 fully saturated rings. The molecule has 0 aromatic heterocycles. The number of hydrogen-bond acceptors (Lipinski definition) is 5. The fourth-order valence-electron chi connectivity index (χ4n) is 2.26. The number of nitrogens with zero attached hydrogens (tertiary/aromatic N) is 2. The van der Waals surface area contributed by atoms with Gasteiger partial charge in [-0.25, -0.2) is 0 Å². The second-order valence-corrected chi connectivity index (χ2v) is 7.27. The van der Waals surface area contributed by atoms with E-state index in [0.29, 0.717) is 5.39 Å². The maximum absolute atomic E-state index is 11.5. The molecule has 0 aliphatic rings. The monoisotopic (exact) mass is 420 g/mol. The fourth-order valence-corrected chi connectivity index (χ4v) is 3.27. The molecule has 0 aliphatic carbocycles. The van der Waals surface area contributed by atoms with Gasteiger partial charge in [-0.3, -0.25) is 4.55 Å². The first-order valence-corrected chi connectivity index (χ1v) is 9.06. The second kappa shape index (κ2) is 8.22. The van der Waals surface area contributed by atoms with Gasteiger partial charge in [0, 0.05) is 5.39 Å². The van der Waals surface area contributed by atoms with E-state index in [0.717, 1.165) is 11.5 Å². The van der Waals surface area contributed by atoms with Crippen LogP contribution in [-0.2, 0) is 10.1 Å². The van der Waals surface area contributed by atoms with E-state index in [9.17, 15) is 18.1 Å². The molecule has 0 atom stereocenters. The van der Waals surface area contributed by atoms with Gasteiger partial charge in [0.05, 0.1) is 10.0 Å². The molecule has 0 saturated heterocycles. The van der Waals surface area contributed by atoms with Gasteiger partial charge in [0.2, 0.25) is 0 Å². The molecule has 26 heavy (non-hydrogen) atoms. The summed E-state index contributed by atoms with van der Waals surface area (Å²) >= 11 is 11.7. The van der Waals surface area contributed by atoms with E-state index in [1.54, 1.807) is 18.2 Å². The normalized spacial score (nSPS) is 11.7. The summed E-state index contributed by atoms with van der Waals surface area (Å²) in [5, 5.41) is 19.3. The standard InChI is InChI=1S/C16H10Cl2N2O4S.Na.H/c17-11-7-13(15(8-12(11)18)25(22,23)24)19-20-16-10-4-2-1-3-9(10)5-6-14(16)21;;/h1-8,21H,(H,22,23,24);;. The van der Waals surface area contributed by atoms with Gasteiger partial charge in [-0.15, -0.1) is 10.2 Å². The summed E-state index contributed by atoms with van der Waals surface area (Å²) in [4.78, 5) is -0.537. The number of phenols is 1. The number of hydrogen-bond donors (Lipinski definition) is 2. The molecular formula is C16H11Cl2N2NaO4S. The van der Waals surface area contributed by atoms with Crippen LogP contribution in [0.2, 0.25) is 10.0 Å². The number of azo groups is 1. The molecule has 0 radical (unpaired) electrons. The fraction of sp³-hybridized carbons (Fsp3) is 0. The van der Waals surface area contributed by atoms with Crippen molar-refractivity contribution in [1.29, 1.82) is 0 Å². The van der Waals surface area contributed by atoms with E-state index in [4.69, 9.17) is 23.2 Å². The van der Waals surface area contributed by atoms with Gasteiger partial charge in [0.25, 0.3) is 10.1 Å². The number of rotatable bonds is 3. The Morgan fingerprint density at radius 1 is 0.923 bits per heavy atom. The Balaban J connectivity index is 0.00000243. The Hall–Kier alpha value is -1.19. The van der Waals surface area contributed by atoms with Gasteiger partial charge >= 0.3 is 29.6 Å². The van der Waals surface area contributed by atoms with Crippen molar-refractivity contribution in [2.75, 3.05) is 0 Å². The van der Waals surface area contributed by atoms with Crippen molar-refractivity contribution in [1.82, 2.24) is 0 Å². The predicted octanol–water partition coefficient (Wildman–Crippen LogP) is 4.87. The summed E-state index contributed by atoms with van der Waals surface area (Å²) in [6.07, 6.45) is 0. The van der Waals surface area contributed by atoms with Crippen LogP contribution in [0.1, 0.15) is 0 Å². The zero-order valence-corrected chi connectivity index (χ0v) is 14.7. The van der Waals surface area contributed by atoms with E-state index in [1.165, 1.54) is 12.1 Å². The van der Waals surface area contributed by atoms with E-state index < -0.39 is 15.0 Å². The van der Waals surface area contributed by atoms with Crippen LogP contribution in [0.4, 0.5) is 11.4 Å². The van der Waals surface area contributed by atoms with Crippen LogP contribution < -0.4 is 0 Å². The summed E-state index contributed by atoms with van der Waals surface area (Å²) in [5.74, 6) is -0.129. The molecule has 0 amide bonds. The Morgan fingerprint density at radius 2 is 1.58 bits per heavy atom. The van der Waals surface area contributed by atoms with Crippen LogP contribution in [-0.4, -0.2) is 47.6 Å². The van der Waals surface area contributed by atoms with Crippen LogP contribution in [0, 0.1) is 0 Å². The molecule has 130 valence electrons. The summed E-state index contributed by atoms with van der Waals surface area (Å²) < 4.78 is 32.3. The van der Waals surface area contributed by atoms with Crippen molar-refractivity contribution in [3.63, 3.8) is 0 Å². The molecular weight excluding hydrogens is 410 g/mol. The van der Waals surface area contributed by atoms with Gasteiger partial charge in [-0.1, -0.05) is 53.5 Å². The number of fused-ring (bicyclic) bond motifs is 1. The minimum absolute atomic E-state index is 0. The summed E-state index contributed by atoms with van der Waals surface area (Å²) in [6.45, 7) is 0. The van der Waals surface area contributed by atoms with Gasteiger partial charge < -0.3 is 5.11 Å². The molecule has 2 N–H and O–H groups in total. The first-order valence-electron chi connectivity index (χ1n) is 6.86. The minimum atomic E-state index is -4.59. The third-order valence-corrected chi connectivity index (χ3v) is 5.02. The average molecular weight is 421 g/mol. The first kappa shape index (κ1) is 21.1. The van der Waals surface area contributed by atoms with E-state index in [1.807, 2.05) is 12.1 Å². The van der Waals surface area contributed by atoms with Crippen LogP contribution in [0.5, 0.6) is 5.75 Å². The molecule has 10 heteroatoms. The second-order valence-electron chi connectivity index (χ2n) is 5.06. The molecule has 6 nitrogen and oxygen atoms in total. The number of aromatic hydroxyl groups is 1. The number of halogens is 2. The maximum atomic E-state index is 11.5. The van der Waals surface area contributed by atoms with Crippen LogP contribution >= 0.6 is 23.2 Å². The molecule has 0 unspecified atom stereocenters. The summed E-state index contributed by atoms with van der Waals surface area (Å²) in [6, 6.07) is 12.5. The van der Waals surface area contributed by atoms with Crippen LogP contribution in [0.15, 0.2) is 63.7 Å².